The van der Waals surface area contributed by atoms with Crippen LogP contribution in [0.5, 0.6) is 0 Å². The fourth-order valence-electron chi connectivity index (χ4n) is 10.1. The third-order valence-corrected chi connectivity index (χ3v) is 15.6. The summed E-state index contributed by atoms with van der Waals surface area (Å²) in [5, 5.41) is 31.1. The second kappa shape index (κ2) is 17.9. The van der Waals surface area contributed by atoms with E-state index in [9.17, 15) is 39.0 Å². The van der Waals surface area contributed by atoms with Crippen molar-refractivity contribution in [3.05, 3.63) is 104 Å². The molecule has 16 heteroatoms. The van der Waals surface area contributed by atoms with E-state index in [0.717, 1.165) is 100 Å². The normalized spacial score (nSPS) is 16.6. The molecule has 0 amide bonds. The summed E-state index contributed by atoms with van der Waals surface area (Å²) in [5.74, 6) is -0.482. The Morgan fingerprint density at radius 3 is 1.54 bits per heavy atom. The minimum Gasteiger partial charge on any atom is -0.480 e. The monoisotopic (exact) mass is 925 g/mol. The van der Waals surface area contributed by atoms with Crippen molar-refractivity contribution in [3.63, 3.8) is 0 Å². The second-order valence-electron chi connectivity index (χ2n) is 16.4. The van der Waals surface area contributed by atoms with E-state index < -0.39 is 17.9 Å². The number of carbonyl (C=O) groups excluding carboxylic acids is 3. The zero-order chi connectivity index (χ0) is 44.1. The van der Waals surface area contributed by atoms with Crippen LogP contribution in [0.4, 0.5) is 0 Å². The van der Waals surface area contributed by atoms with Crippen LogP contribution in [0.2, 0.25) is 5.02 Å². The highest BCUT2D eigenvalue weighted by Gasteiger charge is 2.32. The van der Waals surface area contributed by atoms with Crippen LogP contribution in [0.25, 0.3) is 32.7 Å². The molecule has 6 aromatic rings. The number of benzene rings is 3. The highest BCUT2D eigenvalue weighted by atomic mass is 35.5. The molecule has 3 aromatic carbocycles. The van der Waals surface area contributed by atoms with Gasteiger partial charge in [-0.3, -0.25) is 28.8 Å². The van der Waals surface area contributed by atoms with Crippen molar-refractivity contribution in [2.24, 2.45) is 0 Å². The van der Waals surface area contributed by atoms with Crippen molar-refractivity contribution in [2.75, 3.05) is 17.3 Å². The van der Waals surface area contributed by atoms with E-state index in [4.69, 9.17) is 16.7 Å². The Bertz CT molecular complexity index is 2930. The highest BCUT2D eigenvalue weighted by Crippen LogP contribution is 2.41. The van der Waals surface area contributed by atoms with Crippen molar-refractivity contribution < 1.29 is 44.1 Å². The number of fused-ring (bicyclic) bond motifs is 12. The summed E-state index contributed by atoms with van der Waals surface area (Å²) in [6.07, 6.45) is 11.5. The average Bonchev–Trinajstić information content (AvgIpc) is 3.87. The summed E-state index contributed by atoms with van der Waals surface area (Å²) >= 11 is 10.0. The largest absolute Gasteiger partial charge is 0.480 e. The Balaban J connectivity index is 0.000000120. The van der Waals surface area contributed by atoms with Crippen molar-refractivity contribution in [1.82, 2.24) is 13.7 Å². The lowest BCUT2D eigenvalue weighted by molar-refractivity contribution is -0.138. The lowest BCUT2D eigenvalue weighted by atomic mass is 9.87. The Kier molecular flexibility index (Phi) is 12.3. The number of carboxylic acids is 3. The third kappa shape index (κ3) is 8.10. The van der Waals surface area contributed by atoms with Gasteiger partial charge in [-0.25, -0.2) is 0 Å². The molecule has 6 heterocycles. The van der Waals surface area contributed by atoms with Crippen molar-refractivity contribution in [3.8, 4) is 0 Å². The second-order valence-corrected chi connectivity index (χ2v) is 20.0. The number of halogens is 1. The minimum absolute atomic E-state index is 0.0108. The number of thioether (sulfide) groups is 3. The molecular formula is C47H44ClN3O9S3. The topological polar surface area (TPSA) is 178 Å². The number of hydrogen-bond donors (Lipinski definition) is 3. The number of hydrogen-bond acceptors (Lipinski definition) is 9. The van der Waals surface area contributed by atoms with E-state index in [1.165, 1.54) is 88.6 Å². The average molecular weight is 927 g/mol. The number of aliphatic carboxylic acids is 3. The van der Waals surface area contributed by atoms with Crippen LogP contribution >= 0.6 is 46.9 Å². The maximum absolute atomic E-state index is 12.4. The number of aryl methyl sites for hydroxylation is 7. The molecule has 63 heavy (non-hydrogen) atoms. The van der Waals surface area contributed by atoms with Gasteiger partial charge in [-0.2, -0.15) is 0 Å². The zero-order valence-electron chi connectivity index (χ0n) is 34.3. The van der Waals surface area contributed by atoms with Crippen LogP contribution in [0, 0.1) is 0 Å². The van der Waals surface area contributed by atoms with Crippen LogP contribution in [-0.4, -0.2) is 79.5 Å². The van der Waals surface area contributed by atoms with Gasteiger partial charge in [0, 0.05) is 44.5 Å². The lowest BCUT2D eigenvalue weighted by Crippen LogP contribution is -2.17. The summed E-state index contributed by atoms with van der Waals surface area (Å²) in [5.41, 5.74) is 12.7. The minimum atomic E-state index is -0.969. The van der Waals surface area contributed by atoms with Crippen LogP contribution < -0.4 is 0 Å². The van der Waals surface area contributed by atoms with Gasteiger partial charge < -0.3 is 29.0 Å². The third-order valence-electron chi connectivity index (χ3n) is 12.6. The van der Waals surface area contributed by atoms with Gasteiger partial charge in [-0.1, -0.05) is 59.0 Å². The quantitative estimate of drug-likeness (QED) is 0.145. The van der Waals surface area contributed by atoms with Crippen LogP contribution in [0.15, 0.2) is 42.5 Å². The summed E-state index contributed by atoms with van der Waals surface area (Å²) in [6.45, 7) is -0.508. The summed E-state index contributed by atoms with van der Waals surface area (Å²) < 4.78 is 5.00. The van der Waals surface area contributed by atoms with E-state index in [-0.39, 0.29) is 35.0 Å². The number of carbonyl (C=O) groups is 6. The smallest absolute Gasteiger partial charge is 0.323 e. The molecule has 0 fully saturated rings. The maximum atomic E-state index is 12.4. The van der Waals surface area contributed by atoms with Crippen LogP contribution in [-0.2, 0) is 79.0 Å². The molecule has 0 atom stereocenters. The lowest BCUT2D eigenvalue weighted by Gasteiger charge is -2.18. The zero-order valence-corrected chi connectivity index (χ0v) is 37.5. The predicted molar refractivity (Wildman–Crippen MR) is 248 cm³/mol. The SMILES string of the molecule is O=C(O)Cn1c2c(c3c(Cl)cccc31)CCSC2=O.O=C(O)Cn1c2c(c3c4c(ccc31)CCCC4)CCSC2=O.O=C(O)Cn1c2c(c3cc4c(cc31)CCCC4)CCSC2=O. The first-order valence-corrected chi connectivity index (χ1v) is 24.5. The number of nitrogens with zero attached hydrogens (tertiary/aromatic N) is 3. The Morgan fingerprint density at radius 2 is 0.968 bits per heavy atom. The first kappa shape index (κ1) is 43.3. The molecule has 0 saturated carbocycles. The van der Waals surface area contributed by atoms with Gasteiger partial charge in [-0.15, -0.1) is 0 Å². The van der Waals surface area contributed by atoms with Crippen molar-refractivity contribution >= 4 is 113 Å². The molecule has 0 saturated heterocycles. The van der Waals surface area contributed by atoms with Gasteiger partial charge in [-0.05, 0) is 140 Å². The highest BCUT2D eigenvalue weighted by molar-refractivity contribution is 8.14. The fourth-order valence-corrected chi connectivity index (χ4v) is 13.0. The molecule has 11 rings (SSSR count). The molecule has 3 aliphatic heterocycles. The molecule has 12 nitrogen and oxygen atoms in total. The van der Waals surface area contributed by atoms with Crippen molar-refractivity contribution in [2.45, 2.75) is 90.3 Å². The molecule has 0 radical (unpaired) electrons. The Hall–Kier alpha value is -4.96. The molecule has 0 spiro atoms. The van der Waals surface area contributed by atoms with E-state index in [1.54, 1.807) is 31.9 Å². The van der Waals surface area contributed by atoms with Gasteiger partial charge >= 0.3 is 17.9 Å². The van der Waals surface area contributed by atoms with Gasteiger partial charge in [0.25, 0.3) is 0 Å². The molecule has 326 valence electrons. The molecular weight excluding hydrogens is 882 g/mol. The standard InChI is InChI=1S/2C17H17NO3S.C13H10ClNO3S/c19-15(20)9-18-14-8-11-4-2-1-3-10(11)7-13(14)12-5-6-22-17(21)16(12)18;19-14(20)9-18-13-6-5-10-3-1-2-4-11(10)15(13)12-7-8-22-17(21)16(12)18;14-8-2-1-3-9-11(8)7-4-5-19-13(18)12(7)15(9)6-10(16)17/h7-8H,1-6,9H2,(H,19,20);5-6H,1-4,7-9H2,(H,19,20);1-3H,4-6H2,(H,16,17). The van der Waals surface area contributed by atoms with Gasteiger partial charge in [0.2, 0.25) is 15.3 Å². The van der Waals surface area contributed by atoms with E-state index in [1.807, 2.05) is 6.07 Å². The molecule has 5 aliphatic rings. The van der Waals surface area contributed by atoms with Crippen molar-refractivity contribution in [1.29, 1.82) is 0 Å². The first-order valence-electron chi connectivity index (χ1n) is 21.2. The van der Waals surface area contributed by atoms with E-state index >= 15 is 0 Å². The van der Waals surface area contributed by atoms with E-state index in [2.05, 4.69) is 18.2 Å². The predicted octanol–water partition coefficient (Wildman–Crippen LogP) is 8.88. The molecule has 2 aliphatic carbocycles. The molecule has 0 unspecified atom stereocenters. The van der Waals surface area contributed by atoms with Gasteiger partial charge in [0.1, 0.15) is 36.7 Å². The van der Waals surface area contributed by atoms with Crippen LogP contribution in [0.1, 0.15) is 96.1 Å². The van der Waals surface area contributed by atoms with Crippen LogP contribution in [0.3, 0.4) is 0 Å². The first-order chi connectivity index (χ1) is 30.4. The van der Waals surface area contributed by atoms with E-state index in [0.29, 0.717) is 27.9 Å². The Morgan fingerprint density at radius 1 is 0.508 bits per heavy atom. The number of carboxylic acid groups (broad SMARTS) is 3. The maximum Gasteiger partial charge on any atom is 0.323 e. The summed E-state index contributed by atoms with van der Waals surface area (Å²) in [6, 6.07) is 13.8. The molecule has 0 bridgehead atoms. The summed E-state index contributed by atoms with van der Waals surface area (Å²) in [7, 11) is 0. The summed E-state index contributed by atoms with van der Waals surface area (Å²) in [4.78, 5) is 70.3. The van der Waals surface area contributed by atoms with Gasteiger partial charge in [0.05, 0.1) is 10.5 Å². The molecule has 3 aromatic heterocycles. The fraction of sp³-hybridized carbons (Fsp3) is 0.362. The number of rotatable bonds is 6. The van der Waals surface area contributed by atoms with Gasteiger partial charge in [0.15, 0.2) is 0 Å². The molecule has 3 N–H and O–H groups in total. The number of aromatic nitrogens is 3. The Labute approximate surface area is 379 Å².